The number of benzene rings is 2. The zero-order valence-electron chi connectivity index (χ0n) is 15.7. The maximum atomic E-state index is 12.8. The Kier molecular flexibility index (Phi) is 5.71. The predicted octanol–water partition coefficient (Wildman–Crippen LogP) is 3.21. The molecule has 0 bridgehead atoms. The van der Waals surface area contributed by atoms with Gasteiger partial charge in [0.2, 0.25) is 15.9 Å². The highest BCUT2D eigenvalue weighted by Gasteiger charge is 2.30. The highest BCUT2D eigenvalue weighted by molar-refractivity contribution is 7.92. The quantitative estimate of drug-likeness (QED) is 0.796. The van der Waals surface area contributed by atoms with E-state index in [4.69, 9.17) is 21.1 Å². The van der Waals surface area contributed by atoms with Crippen LogP contribution >= 0.6 is 11.6 Å². The molecule has 0 aromatic heterocycles. The molecule has 2 aromatic carbocycles. The summed E-state index contributed by atoms with van der Waals surface area (Å²) >= 11 is 5.99. The average molecular weight is 425 g/mol. The van der Waals surface area contributed by atoms with E-state index in [1.165, 1.54) is 6.92 Å². The maximum Gasteiger partial charge on any atom is 0.248 e. The fraction of sp³-hybridized carbons (Fsp3) is 0.316. The summed E-state index contributed by atoms with van der Waals surface area (Å²) in [7, 11) is -3.75. The van der Waals surface area contributed by atoms with Gasteiger partial charge in [0.25, 0.3) is 0 Å². The third-order valence-corrected chi connectivity index (χ3v) is 5.80. The fourth-order valence-electron chi connectivity index (χ4n) is 2.94. The number of nitrogens with zero attached hydrogens (tertiary/aromatic N) is 1. The minimum atomic E-state index is -3.75. The van der Waals surface area contributed by atoms with Crippen molar-refractivity contribution in [3.05, 3.63) is 47.0 Å². The molecule has 28 heavy (non-hydrogen) atoms. The van der Waals surface area contributed by atoms with Crippen molar-refractivity contribution in [3.8, 4) is 11.5 Å². The zero-order valence-corrected chi connectivity index (χ0v) is 17.3. The van der Waals surface area contributed by atoms with Gasteiger partial charge < -0.3 is 14.8 Å². The van der Waals surface area contributed by atoms with Crippen molar-refractivity contribution in [3.63, 3.8) is 0 Å². The van der Waals surface area contributed by atoms with E-state index in [2.05, 4.69) is 5.32 Å². The minimum absolute atomic E-state index is 0.317. The molecule has 0 fully saturated rings. The molecular weight excluding hydrogens is 404 g/mol. The van der Waals surface area contributed by atoms with Gasteiger partial charge in [-0.2, -0.15) is 0 Å². The van der Waals surface area contributed by atoms with Gasteiger partial charge in [-0.05, 0) is 43.7 Å². The molecule has 9 heteroatoms. The van der Waals surface area contributed by atoms with Crippen LogP contribution in [0.15, 0.2) is 36.4 Å². The number of carbonyl (C=O) groups excluding carboxylic acids is 1. The monoisotopic (exact) mass is 424 g/mol. The topological polar surface area (TPSA) is 84.9 Å². The Morgan fingerprint density at radius 3 is 2.50 bits per heavy atom. The Morgan fingerprint density at radius 2 is 1.82 bits per heavy atom. The van der Waals surface area contributed by atoms with Gasteiger partial charge >= 0.3 is 0 Å². The van der Waals surface area contributed by atoms with Crippen LogP contribution < -0.4 is 19.1 Å². The van der Waals surface area contributed by atoms with Gasteiger partial charge in [0.15, 0.2) is 11.5 Å². The van der Waals surface area contributed by atoms with Gasteiger partial charge in [0.1, 0.15) is 19.3 Å². The first-order chi connectivity index (χ1) is 13.2. The highest BCUT2D eigenvalue weighted by Crippen LogP contribution is 2.35. The number of nitrogens with one attached hydrogen (secondary N) is 1. The van der Waals surface area contributed by atoms with Crippen LogP contribution in [0.4, 0.5) is 11.4 Å². The molecule has 7 nitrogen and oxygen atoms in total. The van der Waals surface area contributed by atoms with E-state index in [1.54, 1.807) is 36.4 Å². The number of amides is 1. The van der Waals surface area contributed by atoms with Crippen molar-refractivity contribution in [2.75, 3.05) is 29.1 Å². The first-order valence-electron chi connectivity index (χ1n) is 8.63. The molecule has 1 aliphatic heterocycles. The first kappa shape index (κ1) is 20.3. The van der Waals surface area contributed by atoms with Gasteiger partial charge in [-0.15, -0.1) is 0 Å². The van der Waals surface area contributed by atoms with Gasteiger partial charge in [0.05, 0.1) is 11.9 Å². The number of carbonyl (C=O) groups is 1. The third-order valence-electron chi connectivity index (χ3n) is 4.33. The Bertz CT molecular complexity index is 1010. The number of hydrogen-bond donors (Lipinski definition) is 1. The number of ether oxygens (including phenoxy) is 2. The van der Waals surface area contributed by atoms with Crippen LogP contribution in [0.2, 0.25) is 5.02 Å². The first-order valence-corrected chi connectivity index (χ1v) is 10.9. The van der Waals surface area contributed by atoms with Crippen molar-refractivity contribution in [2.45, 2.75) is 19.9 Å². The Morgan fingerprint density at radius 1 is 1.14 bits per heavy atom. The summed E-state index contributed by atoms with van der Waals surface area (Å²) in [5.74, 6) is 0.497. The van der Waals surface area contributed by atoms with Crippen LogP contribution in [0.3, 0.4) is 0 Å². The lowest BCUT2D eigenvalue weighted by Crippen LogP contribution is -2.45. The lowest BCUT2D eigenvalue weighted by Gasteiger charge is -2.29. The van der Waals surface area contributed by atoms with Crippen LogP contribution in [0, 0.1) is 6.92 Å². The largest absolute Gasteiger partial charge is 0.486 e. The van der Waals surface area contributed by atoms with Gasteiger partial charge in [-0.1, -0.05) is 17.7 Å². The molecule has 1 amide bonds. The summed E-state index contributed by atoms with van der Waals surface area (Å²) in [6, 6.07) is 8.89. The lowest BCUT2D eigenvalue weighted by molar-refractivity contribution is -0.116. The average Bonchev–Trinajstić information content (AvgIpc) is 2.63. The van der Waals surface area contributed by atoms with Crippen LogP contribution in [-0.4, -0.2) is 39.8 Å². The summed E-state index contributed by atoms with van der Waals surface area (Å²) in [6.07, 6.45) is 1.05. The molecular formula is C19H21ClN2O5S. The minimum Gasteiger partial charge on any atom is -0.486 e. The van der Waals surface area contributed by atoms with Crippen LogP contribution in [0.1, 0.15) is 12.5 Å². The molecule has 3 rings (SSSR count). The molecule has 0 aliphatic carbocycles. The molecule has 0 spiro atoms. The third kappa shape index (κ3) is 4.34. The molecule has 0 saturated carbocycles. The summed E-state index contributed by atoms with van der Waals surface area (Å²) in [5.41, 5.74) is 1.66. The van der Waals surface area contributed by atoms with E-state index in [0.29, 0.717) is 41.1 Å². The van der Waals surface area contributed by atoms with Crippen molar-refractivity contribution < 1.29 is 22.7 Å². The fourth-order valence-corrected chi connectivity index (χ4v) is 4.28. The Hall–Kier alpha value is -2.45. The van der Waals surface area contributed by atoms with Gasteiger partial charge in [0, 0.05) is 16.8 Å². The summed E-state index contributed by atoms with van der Waals surface area (Å²) in [4.78, 5) is 12.8. The van der Waals surface area contributed by atoms with Crippen LogP contribution in [0.5, 0.6) is 11.5 Å². The molecule has 0 unspecified atom stereocenters. The maximum absolute atomic E-state index is 12.8. The predicted molar refractivity (Wildman–Crippen MR) is 109 cm³/mol. The normalized spacial score (nSPS) is 14.3. The van der Waals surface area contributed by atoms with E-state index in [-0.39, 0.29) is 0 Å². The SMILES string of the molecule is Cc1ccc(Cl)cc1NC(=O)[C@@H](C)N(c1ccc2c(c1)OCCO2)S(C)(=O)=O. The van der Waals surface area contributed by atoms with E-state index in [1.807, 2.05) is 6.92 Å². The zero-order chi connectivity index (χ0) is 20.5. The second-order valence-electron chi connectivity index (χ2n) is 6.51. The Labute approximate surface area is 169 Å². The van der Waals surface area contributed by atoms with Crippen molar-refractivity contribution >= 4 is 38.9 Å². The molecule has 1 atom stereocenters. The molecule has 0 radical (unpaired) electrons. The van der Waals surface area contributed by atoms with Crippen LogP contribution in [-0.2, 0) is 14.8 Å². The number of sulfonamides is 1. The van der Waals surface area contributed by atoms with E-state index >= 15 is 0 Å². The van der Waals surface area contributed by atoms with Crippen molar-refractivity contribution in [1.29, 1.82) is 0 Å². The van der Waals surface area contributed by atoms with Crippen molar-refractivity contribution in [2.24, 2.45) is 0 Å². The number of rotatable bonds is 5. The number of anilines is 2. The van der Waals surface area contributed by atoms with Crippen LogP contribution in [0.25, 0.3) is 0 Å². The molecule has 1 N–H and O–H groups in total. The Balaban J connectivity index is 1.91. The van der Waals surface area contributed by atoms with Gasteiger partial charge in [-0.3, -0.25) is 9.10 Å². The van der Waals surface area contributed by atoms with E-state index < -0.39 is 22.0 Å². The highest BCUT2D eigenvalue weighted by atomic mass is 35.5. The molecule has 0 saturated heterocycles. The van der Waals surface area contributed by atoms with Crippen molar-refractivity contribution in [1.82, 2.24) is 0 Å². The summed E-state index contributed by atoms with van der Waals surface area (Å²) in [5, 5.41) is 3.22. The second-order valence-corrected chi connectivity index (χ2v) is 8.81. The van der Waals surface area contributed by atoms with E-state index in [0.717, 1.165) is 16.1 Å². The standard InChI is InChI=1S/C19H21ClN2O5S/c1-12-4-5-14(20)10-16(12)21-19(23)13(2)22(28(3,24)25)15-6-7-17-18(11-15)27-9-8-26-17/h4-7,10-11,13H,8-9H2,1-3H3,(H,21,23)/t13-/m1/s1. The summed E-state index contributed by atoms with van der Waals surface area (Å²) in [6.45, 7) is 4.15. The van der Waals surface area contributed by atoms with Gasteiger partial charge in [-0.25, -0.2) is 8.42 Å². The molecule has 1 heterocycles. The molecule has 1 aliphatic rings. The number of halogens is 1. The molecule has 150 valence electrons. The number of hydrogen-bond acceptors (Lipinski definition) is 5. The van der Waals surface area contributed by atoms with E-state index in [9.17, 15) is 13.2 Å². The second kappa shape index (κ2) is 7.89. The molecule has 2 aromatic rings. The number of fused-ring (bicyclic) bond motifs is 1. The number of aryl methyl sites for hydroxylation is 1. The summed E-state index contributed by atoms with van der Waals surface area (Å²) < 4.78 is 37.0. The smallest absolute Gasteiger partial charge is 0.248 e. The lowest BCUT2D eigenvalue weighted by atomic mass is 10.2.